The Labute approximate surface area is 165 Å². The van der Waals surface area contributed by atoms with Gasteiger partial charge in [0, 0.05) is 5.70 Å². The van der Waals surface area contributed by atoms with Gasteiger partial charge in [0.05, 0.1) is 19.3 Å². The molecule has 150 valence electrons. The lowest BCUT2D eigenvalue weighted by atomic mass is 9.96. The minimum Gasteiger partial charge on any atom is -0.497 e. The monoisotopic (exact) mass is 384 g/mol. The fourth-order valence-corrected chi connectivity index (χ4v) is 3.40. The minimum absolute atomic E-state index is 0.317. The molecule has 7 nitrogen and oxygen atoms in total. The van der Waals surface area contributed by atoms with Gasteiger partial charge in [-0.25, -0.2) is 9.48 Å². The van der Waals surface area contributed by atoms with Crippen molar-refractivity contribution in [1.29, 1.82) is 0 Å². The standard InChI is InChI=1S/C21H28N4O3/c1-4-5-6-7-8-13-28-20(26)18-15(2)24-21-22-14-23-25(21)19(18)16-9-11-17(27-3)12-10-16/h9-12,14,19H,4-8,13H2,1-3H3,(H,22,23,24)/t19-/m1/s1. The van der Waals surface area contributed by atoms with E-state index in [4.69, 9.17) is 9.47 Å². The zero-order valence-electron chi connectivity index (χ0n) is 16.8. The van der Waals surface area contributed by atoms with Crippen LogP contribution in [0, 0.1) is 0 Å². The van der Waals surface area contributed by atoms with Gasteiger partial charge < -0.3 is 14.8 Å². The number of hydrogen-bond donors (Lipinski definition) is 1. The predicted octanol–water partition coefficient (Wildman–Crippen LogP) is 4.09. The van der Waals surface area contributed by atoms with Gasteiger partial charge in [-0.3, -0.25) is 0 Å². The van der Waals surface area contributed by atoms with Crippen molar-refractivity contribution < 1.29 is 14.3 Å². The summed E-state index contributed by atoms with van der Waals surface area (Å²) in [6, 6.07) is 7.23. The van der Waals surface area contributed by atoms with E-state index in [0.29, 0.717) is 18.1 Å². The number of aromatic nitrogens is 3. The first-order valence-electron chi connectivity index (χ1n) is 9.84. The molecule has 0 aliphatic carbocycles. The lowest BCUT2D eigenvalue weighted by Gasteiger charge is -2.28. The van der Waals surface area contributed by atoms with Gasteiger partial charge in [0.2, 0.25) is 5.95 Å². The molecule has 28 heavy (non-hydrogen) atoms. The average Bonchev–Trinajstić information content (AvgIpc) is 3.17. The lowest BCUT2D eigenvalue weighted by molar-refractivity contribution is -0.139. The molecule has 7 heteroatoms. The third-order valence-corrected chi connectivity index (χ3v) is 4.93. The summed E-state index contributed by atoms with van der Waals surface area (Å²) in [4.78, 5) is 17.2. The highest BCUT2D eigenvalue weighted by molar-refractivity contribution is 5.92. The molecule has 2 aromatic rings. The van der Waals surface area contributed by atoms with Crippen LogP contribution < -0.4 is 10.1 Å². The maximum atomic E-state index is 12.9. The molecule has 1 aliphatic heterocycles. The molecule has 2 heterocycles. The van der Waals surface area contributed by atoms with Gasteiger partial charge in [0.1, 0.15) is 18.1 Å². The van der Waals surface area contributed by atoms with Crippen LogP contribution in [0.4, 0.5) is 5.95 Å². The van der Waals surface area contributed by atoms with E-state index in [1.165, 1.54) is 25.6 Å². The number of carbonyl (C=O) groups excluding carboxylic acids is 1. The number of allylic oxidation sites excluding steroid dienone is 1. The highest BCUT2D eigenvalue weighted by Crippen LogP contribution is 2.35. The van der Waals surface area contributed by atoms with Crippen LogP contribution in [-0.4, -0.2) is 34.5 Å². The van der Waals surface area contributed by atoms with Crippen LogP contribution >= 0.6 is 0 Å². The zero-order valence-corrected chi connectivity index (χ0v) is 16.8. The minimum atomic E-state index is -0.391. The first-order valence-corrected chi connectivity index (χ1v) is 9.84. The molecular weight excluding hydrogens is 356 g/mol. The molecule has 0 saturated heterocycles. The molecule has 0 spiro atoms. The number of esters is 1. The molecule has 1 aromatic carbocycles. The second kappa shape index (κ2) is 9.39. The lowest BCUT2D eigenvalue weighted by Crippen LogP contribution is -2.29. The molecule has 1 aromatic heterocycles. The van der Waals surface area contributed by atoms with Crippen molar-refractivity contribution in [1.82, 2.24) is 14.8 Å². The molecule has 0 radical (unpaired) electrons. The number of nitrogens with zero attached hydrogens (tertiary/aromatic N) is 3. The normalized spacial score (nSPS) is 15.8. The number of nitrogens with one attached hydrogen (secondary N) is 1. The Morgan fingerprint density at radius 3 is 2.64 bits per heavy atom. The summed E-state index contributed by atoms with van der Waals surface area (Å²) in [7, 11) is 1.63. The van der Waals surface area contributed by atoms with E-state index in [0.717, 1.165) is 29.9 Å². The van der Waals surface area contributed by atoms with Crippen LogP contribution in [0.2, 0.25) is 0 Å². The molecular formula is C21H28N4O3. The summed E-state index contributed by atoms with van der Waals surface area (Å²) in [5.74, 6) is 1.05. The first kappa shape index (κ1) is 19.9. The van der Waals surface area contributed by atoms with E-state index < -0.39 is 6.04 Å². The molecule has 3 rings (SSSR count). The van der Waals surface area contributed by atoms with Crippen molar-refractivity contribution in [2.24, 2.45) is 0 Å². The van der Waals surface area contributed by atoms with Crippen molar-refractivity contribution >= 4 is 11.9 Å². The molecule has 0 bridgehead atoms. The van der Waals surface area contributed by atoms with Gasteiger partial charge in [-0.15, -0.1) is 0 Å². The van der Waals surface area contributed by atoms with E-state index >= 15 is 0 Å². The molecule has 0 fully saturated rings. The van der Waals surface area contributed by atoms with Crippen LogP contribution in [-0.2, 0) is 9.53 Å². The number of unbranched alkanes of at least 4 members (excludes halogenated alkanes) is 4. The zero-order chi connectivity index (χ0) is 19.9. The molecule has 0 saturated carbocycles. The Morgan fingerprint density at radius 2 is 1.93 bits per heavy atom. The fraction of sp³-hybridized carbons (Fsp3) is 0.476. The van der Waals surface area contributed by atoms with E-state index in [-0.39, 0.29) is 5.97 Å². The van der Waals surface area contributed by atoms with E-state index in [2.05, 4.69) is 22.3 Å². The van der Waals surface area contributed by atoms with Gasteiger partial charge in [0.15, 0.2) is 0 Å². The molecule has 1 aliphatic rings. The molecule has 0 unspecified atom stereocenters. The van der Waals surface area contributed by atoms with Gasteiger partial charge >= 0.3 is 5.97 Å². The van der Waals surface area contributed by atoms with Crippen LogP contribution in [0.25, 0.3) is 0 Å². The Kier molecular flexibility index (Phi) is 6.68. The number of anilines is 1. The highest BCUT2D eigenvalue weighted by atomic mass is 16.5. The third-order valence-electron chi connectivity index (χ3n) is 4.93. The van der Waals surface area contributed by atoms with Gasteiger partial charge in [-0.1, -0.05) is 44.7 Å². The highest BCUT2D eigenvalue weighted by Gasteiger charge is 2.34. The summed E-state index contributed by atoms with van der Waals surface area (Å²) < 4.78 is 12.6. The number of carbonyl (C=O) groups is 1. The van der Waals surface area contributed by atoms with Crippen LogP contribution in [0.1, 0.15) is 57.6 Å². The number of rotatable bonds is 9. The second-order valence-corrected chi connectivity index (χ2v) is 6.92. The van der Waals surface area contributed by atoms with E-state index in [1.54, 1.807) is 11.8 Å². The third kappa shape index (κ3) is 4.35. The molecule has 0 amide bonds. The van der Waals surface area contributed by atoms with Crippen molar-refractivity contribution in [3.05, 3.63) is 47.4 Å². The van der Waals surface area contributed by atoms with Crippen molar-refractivity contribution in [2.45, 2.75) is 52.0 Å². The first-order chi connectivity index (χ1) is 13.7. The van der Waals surface area contributed by atoms with Gasteiger partial charge in [-0.2, -0.15) is 10.1 Å². The summed E-state index contributed by atoms with van der Waals surface area (Å²) in [6.45, 7) is 4.48. The Bertz CT molecular complexity index is 826. The predicted molar refractivity (Wildman–Crippen MR) is 107 cm³/mol. The maximum absolute atomic E-state index is 12.9. The number of benzene rings is 1. The number of methoxy groups -OCH3 is 1. The largest absolute Gasteiger partial charge is 0.497 e. The van der Waals surface area contributed by atoms with Gasteiger partial charge in [-0.05, 0) is 31.0 Å². The number of hydrogen-bond acceptors (Lipinski definition) is 6. The number of ether oxygens (including phenoxy) is 2. The van der Waals surface area contributed by atoms with Crippen molar-refractivity contribution in [2.75, 3.05) is 19.0 Å². The molecule has 1 N–H and O–H groups in total. The molecule has 1 atom stereocenters. The summed E-state index contributed by atoms with van der Waals surface area (Å²) in [6.07, 6.45) is 7.03. The SMILES string of the molecule is CCCCCCCOC(=O)C1=C(C)Nc2ncnn2[C@@H]1c1ccc(OC)cc1. The Morgan fingerprint density at radius 1 is 1.18 bits per heavy atom. The van der Waals surface area contributed by atoms with Crippen molar-refractivity contribution in [3.8, 4) is 5.75 Å². The fourth-order valence-electron chi connectivity index (χ4n) is 3.40. The van der Waals surface area contributed by atoms with Gasteiger partial charge in [0.25, 0.3) is 0 Å². The summed E-state index contributed by atoms with van der Waals surface area (Å²) >= 11 is 0. The average molecular weight is 384 g/mol. The Balaban J connectivity index is 1.79. The summed E-state index contributed by atoms with van der Waals surface area (Å²) in [5.41, 5.74) is 2.21. The number of fused-ring (bicyclic) bond motifs is 1. The van der Waals surface area contributed by atoms with Crippen molar-refractivity contribution in [3.63, 3.8) is 0 Å². The second-order valence-electron chi connectivity index (χ2n) is 6.92. The van der Waals surface area contributed by atoms with Crippen LogP contribution in [0.5, 0.6) is 5.75 Å². The van der Waals surface area contributed by atoms with E-state index in [1.807, 2.05) is 31.2 Å². The quantitative estimate of drug-likeness (QED) is 0.518. The topological polar surface area (TPSA) is 78.3 Å². The van der Waals surface area contributed by atoms with Crippen LogP contribution in [0.15, 0.2) is 41.9 Å². The Hall–Kier alpha value is -2.83. The van der Waals surface area contributed by atoms with Crippen LogP contribution in [0.3, 0.4) is 0 Å². The summed E-state index contributed by atoms with van der Waals surface area (Å²) in [5, 5.41) is 7.48. The van der Waals surface area contributed by atoms with E-state index in [9.17, 15) is 4.79 Å². The maximum Gasteiger partial charge on any atom is 0.338 e. The smallest absolute Gasteiger partial charge is 0.338 e.